The average molecular weight is 226 g/mol. The number of hydrogen-bond donors (Lipinski definition) is 1. The van der Waals surface area contributed by atoms with E-state index in [0.29, 0.717) is 12.1 Å². The number of aryl methyl sites for hydroxylation is 1. The van der Waals surface area contributed by atoms with Crippen molar-refractivity contribution in [3.8, 4) is 0 Å². The van der Waals surface area contributed by atoms with Crippen molar-refractivity contribution < 1.29 is 0 Å². The minimum Gasteiger partial charge on any atom is -0.311 e. The van der Waals surface area contributed by atoms with Crippen LogP contribution in [0.1, 0.15) is 37.6 Å². The summed E-state index contributed by atoms with van der Waals surface area (Å²) in [6.45, 7) is 7.44. The Balaban J connectivity index is 2.26. The summed E-state index contributed by atoms with van der Waals surface area (Å²) in [5.41, 5.74) is 0. The van der Waals surface area contributed by atoms with Crippen LogP contribution < -0.4 is 5.32 Å². The molecule has 4 nitrogen and oxygen atoms in total. The maximum absolute atomic E-state index is 4.30. The van der Waals surface area contributed by atoms with Crippen LogP contribution in [0.25, 0.3) is 0 Å². The summed E-state index contributed by atoms with van der Waals surface area (Å²) in [5.74, 6) is 4.41. The molecule has 1 aliphatic rings. The molecule has 0 bridgehead atoms. The van der Waals surface area contributed by atoms with Crippen molar-refractivity contribution in [3.05, 3.63) is 11.6 Å². The maximum atomic E-state index is 4.30. The van der Waals surface area contributed by atoms with E-state index in [1.807, 2.05) is 18.7 Å². The second-order valence-electron chi connectivity index (χ2n) is 4.15. The Hall–Kier alpha value is -0.550. The van der Waals surface area contributed by atoms with Crippen LogP contribution in [-0.2, 0) is 0 Å². The first-order valence-electron chi connectivity index (χ1n) is 5.42. The van der Waals surface area contributed by atoms with Gasteiger partial charge in [0, 0.05) is 24.1 Å². The summed E-state index contributed by atoms with van der Waals surface area (Å²) in [5, 5.41) is 12.0. The fourth-order valence-corrected chi connectivity index (χ4v) is 2.92. The van der Waals surface area contributed by atoms with Crippen LogP contribution >= 0.6 is 11.8 Å². The van der Waals surface area contributed by atoms with Crippen LogP contribution in [0.4, 0.5) is 0 Å². The van der Waals surface area contributed by atoms with Crippen molar-refractivity contribution in [1.29, 1.82) is 0 Å². The summed E-state index contributed by atoms with van der Waals surface area (Å²) in [4.78, 5) is 0. The molecule has 0 radical (unpaired) electrons. The van der Waals surface area contributed by atoms with E-state index in [1.165, 1.54) is 5.75 Å². The Labute approximate surface area is 94.8 Å². The van der Waals surface area contributed by atoms with Crippen molar-refractivity contribution >= 4 is 11.8 Å². The normalized spacial score (nSPS) is 22.3. The zero-order valence-corrected chi connectivity index (χ0v) is 10.3. The summed E-state index contributed by atoms with van der Waals surface area (Å²) in [7, 11) is 0. The van der Waals surface area contributed by atoms with Gasteiger partial charge in [0.2, 0.25) is 0 Å². The van der Waals surface area contributed by atoms with Crippen molar-refractivity contribution in [2.24, 2.45) is 0 Å². The molecule has 1 aliphatic heterocycles. The fourth-order valence-electron chi connectivity index (χ4n) is 1.99. The lowest BCUT2D eigenvalue weighted by Crippen LogP contribution is -2.32. The van der Waals surface area contributed by atoms with Gasteiger partial charge in [0.05, 0.1) is 6.04 Å². The lowest BCUT2D eigenvalue weighted by Gasteiger charge is -2.24. The number of hydrogen-bond acceptors (Lipinski definition) is 4. The van der Waals surface area contributed by atoms with E-state index in [9.17, 15) is 0 Å². The summed E-state index contributed by atoms with van der Waals surface area (Å²) in [6, 6.07) is 0.802. The van der Waals surface area contributed by atoms with Gasteiger partial charge in [-0.3, -0.25) is 0 Å². The standard InChI is InChI=1S/C10H18N4S/c1-7(2)14-8(3)12-13-10(14)9-6-15-5-4-11-9/h7,9,11H,4-6H2,1-3H3. The van der Waals surface area contributed by atoms with Gasteiger partial charge in [-0.25, -0.2) is 0 Å². The molecule has 1 atom stereocenters. The predicted octanol–water partition coefficient (Wildman–Crippen LogP) is 1.54. The highest BCUT2D eigenvalue weighted by Gasteiger charge is 2.22. The number of thioether (sulfide) groups is 1. The summed E-state index contributed by atoms with van der Waals surface area (Å²) in [6.07, 6.45) is 0. The number of rotatable bonds is 2. The minimum atomic E-state index is 0.368. The topological polar surface area (TPSA) is 42.7 Å². The van der Waals surface area contributed by atoms with E-state index in [0.717, 1.165) is 23.9 Å². The molecule has 1 aromatic rings. The van der Waals surface area contributed by atoms with E-state index in [2.05, 4.69) is 33.9 Å². The second-order valence-corrected chi connectivity index (χ2v) is 5.30. The molecule has 1 aromatic heterocycles. The van der Waals surface area contributed by atoms with Crippen LogP contribution in [0.15, 0.2) is 0 Å². The first-order valence-corrected chi connectivity index (χ1v) is 6.58. The zero-order valence-electron chi connectivity index (χ0n) is 9.53. The van der Waals surface area contributed by atoms with Gasteiger partial charge in [0.15, 0.2) is 5.82 Å². The van der Waals surface area contributed by atoms with Gasteiger partial charge in [0.25, 0.3) is 0 Å². The highest BCUT2D eigenvalue weighted by Crippen LogP contribution is 2.23. The quantitative estimate of drug-likeness (QED) is 0.831. The average Bonchev–Trinajstić information content (AvgIpc) is 2.61. The highest BCUT2D eigenvalue weighted by molar-refractivity contribution is 7.99. The molecule has 1 saturated heterocycles. The largest absolute Gasteiger partial charge is 0.311 e. The molecule has 1 unspecified atom stereocenters. The minimum absolute atomic E-state index is 0.368. The number of aromatic nitrogens is 3. The van der Waals surface area contributed by atoms with Crippen LogP contribution in [0.5, 0.6) is 0 Å². The monoisotopic (exact) mass is 226 g/mol. The molecule has 15 heavy (non-hydrogen) atoms. The van der Waals surface area contributed by atoms with Gasteiger partial charge < -0.3 is 9.88 Å². The van der Waals surface area contributed by atoms with E-state index >= 15 is 0 Å². The van der Waals surface area contributed by atoms with Gasteiger partial charge >= 0.3 is 0 Å². The van der Waals surface area contributed by atoms with Crippen LogP contribution in [0.3, 0.4) is 0 Å². The molecule has 2 rings (SSSR count). The third-order valence-electron chi connectivity index (χ3n) is 2.64. The van der Waals surface area contributed by atoms with E-state index in [1.54, 1.807) is 0 Å². The number of nitrogens with one attached hydrogen (secondary N) is 1. The molecule has 5 heteroatoms. The van der Waals surface area contributed by atoms with E-state index in [4.69, 9.17) is 0 Å². The van der Waals surface area contributed by atoms with Crippen molar-refractivity contribution in [1.82, 2.24) is 20.1 Å². The summed E-state index contributed by atoms with van der Waals surface area (Å²) < 4.78 is 2.23. The zero-order chi connectivity index (χ0) is 10.8. The Kier molecular flexibility index (Phi) is 3.31. The lowest BCUT2D eigenvalue weighted by molar-refractivity contribution is 0.487. The molecule has 84 valence electrons. The third kappa shape index (κ3) is 2.18. The molecule has 0 amide bonds. The fraction of sp³-hybridized carbons (Fsp3) is 0.800. The Morgan fingerprint density at radius 2 is 2.27 bits per heavy atom. The smallest absolute Gasteiger partial charge is 0.151 e. The van der Waals surface area contributed by atoms with Crippen LogP contribution in [-0.4, -0.2) is 32.8 Å². The van der Waals surface area contributed by atoms with Gasteiger partial charge in [-0.2, -0.15) is 11.8 Å². The lowest BCUT2D eigenvalue weighted by atomic mass is 10.2. The Bertz CT molecular complexity index is 328. The molecule has 0 aromatic carbocycles. The molecular formula is C10H18N4S. The van der Waals surface area contributed by atoms with Gasteiger partial charge in [-0.1, -0.05) is 0 Å². The maximum Gasteiger partial charge on any atom is 0.151 e. The Morgan fingerprint density at radius 3 is 2.87 bits per heavy atom. The highest BCUT2D eigenvalue weighted by atomic mass is 32.2. The third-order valence-corrected chi connectivity index (χ3v) is 3.70. The van der Waals surface area contributed by atoms with Gasteiger partial charge in [-0.05, 0) is 20.8 Å². The molecule has 0 aliphatic carbocycles. The number of nitrogens with zero attached hydrogens (tertiary/aromatic N) is 3. The van der Waals surface area contributed by atoms with Crippen molar-refractivity contribution in [3.63, 3.8) is 0 Å². The predicted molar refractivity (Wildman–Crippen MR) is 63.2 cm³/mol. The Morgan fingerprint density at radius 1 is 1.47 bits per heavy atom. The molecule has 2 heterocycles. The van der Waals surface area contributed by atoms with E-state index < -0.39 is 0 Å². The van der Waals surface area contributed by atoms with Crippen molar-refractivity contribution in [2.45, 2.75) is 32.9 Å². The first kappa shape index (κ1) is 11.0. The van der Waals surface area contributed by atoms with Gasteiger partial charge in [-0.15, -0.1) is 10.2 Å². The molecular weight excluding hydrogens is 208 g/mol. The van der Waals surface area contributed by atoms with E-state index in [-0.39, 0.29) is 0 Å². The summed E-state index contributed by atoms with van der Waals surface area (Å²) >= 11 is 1.98. The molecule has 0 saturated carbocycles. The van der Waals surface area contributed by atoms with Gasteiger partial charge in [0.1, 0.15) is 5.82 Å². The van der Waals surface area contributed by atoms with Crippen LogP contribution in [0, 0.1) is 6.92 Å². The SMILES string of the molecule is Cc1nnc(C2CSCCN2)n1C(C)C. The molecule has 1 fully saturated rings. The molecule has 0 spiro atoms. The first-order chi connectivity index (χ1) is 7.20. The second kappa shape index (κ2) is 4.53. The molecule has 1 N–H and O–H groups in total. The van der Waals surface area contributed by atoms with Crippen molar-refractivity contribution in [2.75, 3.05) is 18.1 Å². The van der Waals surface area contributed by atoms with Crippen LogP contribution in [0.2, 0.25) is 0 Å².